The van der Waals surface area contributed by atoms with Gasteiger partial charge in [-0.05, 0) is 35.4 Å². The third kappa shape index (κ3) is 4.15. The number of amides is 1. The van der Waals surface area contributed by atoms with Crippen LogP contribution in [0.5, 0.6) is 0 Å². The van der Waals surface area contributed by atoms with E-state index < -0.39 is 0 Å². The van der Waals surface area contributed by atoms with Crippen molar-refractivity contribution in [2.75, 3.05) is 6.54 Å². The highest BCUT2D eigenvalue weighted by molar-refractivity contribution is 5.96. The summed E-state index contributed by atoms with van der Waals surface area (Å²) >= 11 is 0. The van der Waals surface area contributed by atoms with Crippen molar-refractivity contribution in [1.82, 2.24) is 20.3 Å². The van der Waals surface area contributed by atoms with Crippen LogP contribution in [0.15, 0.2) is 79.3 Å². The molecule has 0 fully saturated rings. The maximum absolute atomic E-state index is 12.1. The average molecular weight is 368 g/mol. The lowest BCUT2D eigenvalue weighted by Gasteiger charge is -2.02. The van der Waals surface area contributed by atoms with Gasteiger partial charge in [-0.1, -0.05) is 36.4 Å². The number of benzene rings is 1. The molecule has 1 aromatic carbocycles. The van der Waals surface area contributed by atoms with E-state index in [1.165, 1.54) is 6.08 Å². The molecule has 3 aromatic heterocycles. The summed E-state index contributed by atoms with van der Waals surface area (Å²) in [7, 11) is 0. The van der Waals surface area contributed by atoms with Gasteiger partial charge in [0.15, 0.2) is 0 Å². The Bertz CT molecular complexity index is 1100. The summed E-state index contributed by atoms with van der Waals surface area (Å²) in [4.78, 5) is 24.0. The van der Waals surface area contributed by atoms with Gasteiger partial charge in [0.2, 0.25) is 5.91 Å². The van der Waals surface area contributed by atoms with Crippen LogP contribution in [0.3, 0.4) is 0 Å². The first-order valence-corrected chi connectivity index (χ1v) is 9.18. The molecular formula is C23H20N4O. The molecule has 5 nitrogen and oxygen atoms in total. The summed E-state index contributed by atoms with van der Waals surface area (Å²) < 4.78 is 0. The van der Waals surface area contributed by atoms with Crippen molar-refractivity contribution in [2.24, 2.45) is 0 Å². The molecule has 0 atom stereocenters. The summed E-state index contributed by atoms with van der Waals surface area (Å²) in [6.07, 6.45) is 9.50. The Kier molecular flexibility index (Phi) is 5.24. The Balaban J connectivity index is 1.43. The number of hydrogen-bond acceptors (Lipinski definition) is 3. The number of nitrogens with zero attached hydrogens (tertiary/aromatic N) is 2. The van der Waals surface area contributed by atoms with E-state index in [1.54, 1.807) is 18.5 Å². The molecule has 4 rings (SSSR count). The maximum Gasteiger partial charge on any atom is 0.244 e. The predicted molar refractivity (Wildman–Crippen MR) is 112 cm³/mol. The predicted octanol–water partition coefficient (Wildman–Crippen LogP) is 4.00. The first kappa shape index (κ1) is 17.7. The van der Waals surface area contributed by atoms with Crippen molar-refractivity contribution in [3.8, 4) is 11.1 Å². The zero-order valence-corrected chi connectivity index (χ0v) is 15.3. The smallest absolute Gasteiger partial charge is 0.244 e. The molecule has 0 aliphatic rings. The highest BCUT2D eigenvalue weighted by Gasteiger charge is 2.07. The van der Waals surface area contributed by atoms with Gasteiger partial charge in [0.1, 0.15) is 5.65 Å². The van der Waals surface area contributed by atoms with Crippen LogP contribution in [0.4, 0.5) is 0 Å². The Labute approximate surface area is 163 Å². The van der Waals surface area contributed by atoms with Crippen molar-refractivity contribution < 1.29 is 4.79 Å². The average Bonchev–Trinajstić information content (AvgIpc) is 3.17. The van der Waals surface area contributed by atoms with Crippen LogP contribution in [0, 0.1) is 0 Å². The van der Waals surface area contributed by atoms with Crippen molar-refractivity contribution >= 4 is 23.0 Å². The Morgan fingerprint density at radius 2 is 1.93 bits per heavy atom. The highest BCUT2D eigenvalue weighted by atomic mass is 16.1. The van der Waals surface area contributed by atoms with Crippen LogP contribution >= 0.6 is 0 Å². The van der Waals surface area contributed by atoms with E-state index in [4.69, 9.17) is 0 Å². The number of nitrogens with one attached hydrogen (secondary N) is 2. The number of rotatable bonds is 6. The van der Waals surface area contributed by atoms with Crippen molar-refractivity contribution in [1.29, 1.82) is 0 Å². The maximum atomic E-state index is 12.1. The molecule has 0 saturated carbocycles. The molecule has 0 aliphatic carbocycles. The monoisotopic (exact) mass is 368 g/mol. The minimum absolute atomic E-state index is 0.131. The lowest BCUT2D eigenvalue weighted by molar-refractivity contribution is -0.116. The van der Waals surface area contributed by atoms with E-state index >= 15 is 0 Å². The molecule has 3 heterocycles. The number of pyridine rings is 2. The number of carbonyl (C=O) groups excluding carboxylic acids is 1. The molecular weight excluding hydrogens is 348 g/mol. The van der Waals surface area contributed by atoms with Crippen LogP contribution in [0.1, 0.15) is 11.3 Å². The van der Waals surface area contributed by atoms with E-state index in [0.717, 1.165) is 33.4 Å². The molecule has 0 radical (unpaired) electrons. The first-order chi connectivity index (χ1) is 13.8. The second kappa shape index (κ2) is 8.31. The van der Waals surface area contributed by atoms with Crippen LogP contribution in [-0.4, -0.2) is 27.4 Å². The normalized spacial score (nSPS) is 11.1. The Morgan fingerprint density at radius 1 is 1.07 bits per heavy atom. The molecule has 28 heavy (non-hydrogen) atoms. The zero-order valence-electron chi connectivity index (χ0n) is 15.3. The quantitative estimate of drug-likeness (QED) is 0.506. The third-order valence-corrected chi connectivity index (χ3v) is 4.47. The van der Waals surface area contributed by atoms with E-state index in [1.807, 2.05) is 48.7 Å². The molecule has 0 saturated heterocycles. The molecule has 2 N–H and O–H groups in total. The second-order valence-corrected chi connectivity index (χ2v) is 6.43. The van der Waals surface area contributed by atoms with E-state index in [-0.39, 0.29) is 5.91 Å². The molecule has 0 spiro atoms. The van der Waals surface area contributed by atoms with Gasteiger partial charge in [0.05, 0.1) is 0 Å². The second-order valence-electron chi connectivity index (χ2n) is 6.43. The lowest BCUT2D eigenvalue weighted by Crippen LogP contribution is -2.23. The number of hydrogen-bond donors (Lipinski definition) is 2. The number of fused-ring (bicyclic) bond motifs is 1. The minimum atomic E-state index is -0.131. The summed E-state index contributed by atoms with van der Waals surface area (Å²) in [5.41, 5.74) is 4.89. The number of H-pyrrole nitrogens is 1. The largest absolute Gasteiger partial charge is 0.352 e. The van der Waals surface area contributed by atoms with E-state index in [0.29, 0.717) is 13.0 Å². The molecule has 5 heteroatoms. The fraction of sp³-hybridized carbons (Fsp3) is 0.0870. The fourth-order valence-corrected chi connectivity index (χ4v) is 3.06. The highest BCUT2D eigenvalue weighted by Crippen LogP contribution is 2.28. The van der Waals surface area contributed by atoms with Crippen molar-refractivity contribution in [3.05, 3.63) is 90.5 Å². The van der Waals surface area contributed by atoms with Crippen LogP contribution in [-0.2, 0) is 11.2 Å². The molecule has 0 unspecified atom stereocenters. The molecule has 4 aromatic rings. The van der Waals surface area contributed by atoms with Gasteiger partial charge in [0.25, 0.3) is 0 Å². The third-order valence-electron chi connectivity index (χ3n) is 4.47. The summed E-state index contributed by atoms with van der Waals surface area (Å²) in [5.74, 6) is -0.131. The van der Waals surface area contributed by atoms with Gasteiger partial charge in [0, 0.05) is 54.3 Å². The van der Waals surface area contributed by atoms with Crippen LogP contribution in [0.25, 0.3) is 28.2 Å². The summed E-state index contributed by atoms with van der Waals surface area (Å²) in [5, 5.41) is 3.91. The van der Waals surface area contributed by atoms with Gasteiger partial charge in [-0.3, -0.25) is 9.78 Å². The number of carbonyl (C=O) groups is 1. The van der Waals surface area contributed by atoms with Gasteiger partial charge >= 0.3 is 0 Å². The van der Waals surface area contributed by atoms with Gasteiger partial charge in [-0.25, -0.2) is 4.98 Å². The Hall–Kier alpha value is -3.73. The first-order valence-electron chi connectivity index (χ1n) is 9.18. The molecule has 138 valence electrons. The van der Waals surface area contributed by atoms with Crippen LogP contribution in [0.2, 0.25) is 0 Å². The van der Waals surface area contributed by atoms with Crippen molar-refractivity contribution in [2.45, 2.75) is 6.42 Å². The van der Waals surface area contributed by atoms with Gasteiger partial charge in [-0.2, -0.15) is 0 Å². The zero-order chi connectivity index (χ0) is 19.2. The minimum Gasteiger partial charge on any atom is -0.352 e. The van der Waals surface area contributed by atoms with Gasteiger partial charge in [-0.15, -0.1) is 0 Å². The SMILES string of the molecule is O=C(/C=C/c1cnc2[nH]cc(-c3ccccc3)c2c1)NCCc1ccccn1. The van der Waals surface area contributed by atoms with Crippen LogP contribution < -0.4 is 5.32 Å². The van der Waals surface area contributed by atoms with Crippen molar-refractivity contribution in [3.63, 3.8) is 0 Å². The van der Waals surface area contributed by atoms with E-state index in [9.17, 15) is 4.79 Å². The summed E-state index contributed by atoms with van der Waals surface area (Å²) in [6.45, 7) is 0.549. The van der Waals surface area contributed by atoms with E-state index in [2.05, 4.69) is 32.4 Å². The number of aromatic amines is 1. The Morgan fingerprint density at radius 3 is 2.75 bits per heavy atom. The standard InChI is InChI=1S/C23H20N4O/c28-22(25-13-11-19-8-4-5-12-24-19)10-9-17-14-20-21(16-27-23(20)26-15-17)18-6-2-1-3-7-18/h1-10,12,14-16H,11,13H2,(H,25,28)(H,26,27)/b10-9+. The molecule has 0 aliphatic heterocycles. The molecule has 0 bridgehead atoms. The fourth-order valence-electron chi connectivity index (χ4n) is 3.06. The van der Waals surface area contributed by atoms with Gasteiger partial charge < -0.3 is 10.3 Å². The lowest BCUT2D eigenvalue weighted by atomic mass is 10.1. The topological polar surface area (TPSA) is 70.7 Å². The molecule has 1 amide bonds. The number of aromatic nitrogens is 3. The summed E-state index contributed by atoms with van der Waals surface area (Å²) in [6, 6.07) is 18.0.